The Morgan fingerprint density at radius 1 is 0.284 bits per heavy atom. The first kappa shape index (κ1) is 70.6. The monoisotopic (exact) mass is 1030 g/mol. The molecule has 426 valence electrons. The molecule has 6 heteroatoms. The minimum Gasteiger partial charge on any atom is -0.462 e. The van der Waals surface area contributed by atoms with Crippen LogP contribution in [0.2, 0.25) is 0 Å². The van der Waals surface area contributed by atoms with Gasteiger partial charge < -0.3 is 14.2 Å². The van der Waals surface area contributed by atoms with Crippen LogP contribution in [0.5, 0.6) is 0 Å². The molecular formula is C68H118O6. The van der Waals surface area contributed by atoms with E-state index in [2.05, 4.69) is 106 Å². The normalized spacial score (nSPS) is 12.6. The Labute approximate surface area is 458 Å². The number of hydrogen-bond donors (Lipinski definition) is 0. The van der Waals surface area contributed by atoms with Gasteiger partial charge in [0, 0.05) is 19.3 Å². The molecule has 0 bridgehead atoms. The molecule has 0 aliphatic carbocycles. The molecule has 0 N–H and O–H groups in total. The molecule has 0 heterocycles. The number of ether oxygens (including phenoxy) is 3. The number of allylic oxidation sites excluding steroid dienone is 14. The largest absolute Gasteiger partial charge is 0.462 e. The average Bonchev–Trinajstić information content (AvgIpc) is 3.40. The van der Waals surface area contributed by atoms with Crippen LogP contribution < -0.4 is 0 Å². The highest BCUT2D eigenvalue weighted by atomic mass is 16.6. The van der Waals surface area contributed by atoms with Crippen molar-refractivity contribution in [2.75, 3.05) is 13.2 Å². The van der Waals surface area contributed by atoms with Gasteiger partial charge in [0.1, 0.15) is 13.2 Å². The first-order valence-corrected chi connectivity index (χ1v) is 31.6. The molecule has 0 spiro atoms. The van der Waals surface area contributed by atoms with E-state index in [1.165, 1.54) is 161 Å². The Kier molecular flexibility index (Phi) is 59.3. The van der Waals surface area contributed by atoms with Crippen molar-refractivity contribution in [3.05, 3.63) is 85.1 Å². The summed E-state index contributed by atoms with van der Waals surface area (Å²) in [5.41, 5.74) is 0. The smallest absolute Gasteiger partial charge is 0.306 e. The standard InChI is InChI=1S/C68H118O6/c1-4-7-10-13-16-19-21-23-24-25-26-27-28-29-30-31-32-33-34-35-36-37-38-39-40-41-42-43-44-46-47-49-52-55-58-61-67(70)73-64-65(63-72-66(69)60-57-54-51-18-15-12-9-6-3)74-68(71)62-59-56-53-50-48-45-22-20-17-14-11-8-5-2/h7-8,10-11,16-17,19-20,23-24,26-27,45,48,65H,4-6,9,12-15,18,21-22,25,28-44,46-47,49-64H2,1-3H3/b10-7-,11-8-,19-16-,20-17-,24-23-,27-26-,48-45-. The van der Waals surface area contributed by atoms with Crippen molar-refractivity contribution in [1.82, 2.24) is 0 Å². The first-order chi connectivity index (χ1) is 36.5. The van der Waals surface area contributed by atoms with E-state index in [0.29, 0.717) is 19.3 Å². The second-order valence-electron chi connectivity index (χ2n) is 20.9. The van der Waals surface area contributed by atoms with Crippen LogP contribution in [0.1, 0.15) is 310 Å². The highest BCUT2D eigenvalue weighted by Crippen LogP contribution is 2.17. The van der Waals surface area contributed by atoms with Gasteiger partial charge in [-0.25, -0.2) is 0 Å². The lowest BCUT2D eigenvalue weighted by atomic mass is 10.0. The van der Waals surface area contributed by atoms with E-state index >= 15 is 0 Å². The fourth-order valence-electron chi connectivity index (χ4n) is 8.98. The zero-order chi connectivity index (χ0) is 53.6. The molecule has 0 aromatic heterocycles. The summed E-state index contributed by atoms with van der Waals surface area (Å²) in [6, 6.07) is 0. The van der Waals surface area contributed by atoms with Gasteiger partial charge in [-0.05, 0) is 89.9 Å². The van der Waals surface area contributed by atoms with E-state index < -0.39 is 6.10 Å². The quantitative estimate of drug-likeness (QED) is 0.0261. The maximum absolute atomic E-state index is 12.8. The van der Waals surface area contributed by atoms with Crippen molar-refractivity contribution in [3.8, 4) is 0 Å². The molecule has 0 rings (SSSR count). The lowest BCUT2D eigenvalue weighted by Crippen LogP contribution is -2.30. The lowest BCUT2D eigenvalue weighted by Gasteiger charge is -2.18. The Hall–Kier alpha value is -3.41. The zero-order valence-electron chi connectivity index (χ0n) is 48.8. The van der Waals surface area contributed by atoms with Crippen LogP contribution >= 0.6 is 0 Å². The molecule has 1 atom stereocenters. The fraction of sp³-hybridized carbons (Fsp3) is 0.750. The number of carbonyl (C=O) groups is 3. The highest BCUT2D eigenvalue weighted by molar-refractivity contribution is 5.71. The summed E-state index contributed by atoms with van der Waals surface area (Å²) < 4.78 is 16.8. The van der Waals surface area contributed by atoms with E-state index in [1.807, 2.05) is 0 Å². The van der Waals surface area contributed by atoms with E-state index in [9.17, 15) is 14.4 Å². The van der Waals surface area contributed by atoms with Crippen LogP contribution in [0.4, 0.5) is 0 Å². The van der Waals surface area contributed by atoms with Crippen LogP contribution in [-0.2, 0) is 28.6 Å². The molecule has 6 nitrogen and oxygen atoms in total. The minimum absolute atomic E-state index is 0.0837. The molecule has 0 aromatic rings. The van der Waals surface area contributed by atoms with Gasteiger partial charge in [-0.2, -0.15) is 0 Å². The second kappa shape index (κ2) is 62.1. The number of hydrogen-bond acceptors (Lipinski definition) is 6. The van der Waals surface area contributed by atoms with Gasteiger partial charge in [-0.3, -0.25) is 14.4 Å². The third kappa shape index (κ3) is 59.5. The van der Waals surface area contributed by atoms with Gasteiger partial charge >= 0.3 is 17.9 Å². The van der Waals surface area contributed by atoms with Gasteiger partial charge in [0.25, 0.3) is 0 Å². The molecular weight excluding hydrogens is 913 g/mol. The zero-order valence-corrected chi connectivity index (χ0v) is 48.8. The molecule has 0 aromatic carbocycles. The van der Waals surface area contributed by atoms with Crippen molar-refractivity contribution in [2.45, 2.75) is 316 Å². The van der Waals surface area contributed by atoms with Crippen molar-refractivity contribution in [1.29, 1.82) is 0 Å². The van der Waals surface area contributed by atoms with E-state index in [-0.39, 0.29) is 31.1 Å². The first-order valence-electron chi connectivity index (χ1n) is 31.6. The molecule has 0 radical (unpaired) electrons. The summed E-state index contributed by atoms with van der Waals surface area (Å²) >= 11 is 0. The van der Waals surface area contributed by atoms with E-state index in [1.54, 1.807) is 0 Å². The summed E-state index contributed by atoms with van der Waals surface area (Å²) in [7, 11) is 0. The molecule has 74 heavy (non-hydrogen) atoms. The fourth-order valence-corrected chi connectivity index (χ4v) is 8.98. The second-order valence-corrected chi connectivity index (χ2v) is 20.9. The van der Waals surface area contributed by atoms with Gasteiger partial charge in [-0.1, -0.05) is 286 Å². The van der Waals surface area contributed by atoms with Crippen molar-refractivity contribution < 1.29 is 28.6 Å². The van der Waals surface area contributed by atoms with Gasteiger partial charge in [0.05, 0.1) is 0 Å². The Balaban J connectivity index is 3.96. The average molecular weight is 1030 g/mol. The van der Waals surface area contributed by atoms with E-state index in [4.69, 9.17) is 14.2 Å². The minimum atomic E-state index is -0.786. The number of carbonyl (C=O) groups excluding carboxylic acids is 3. The van der Waals surface area contributed by atoms with Crippen molar-refractivity contribution in [2.24, 2.45) is 0 Å². The van der Waals surface area contributed by atoms with Crippen LogP contribution in [0.3, 0.4) is 0 Å². The third-order valence-corrected chi connectivity index (χ3v) is 13.6. The van der Waals surface area contributed by atoms with Gasteiger partial charge in [0.15, 0.2) is 6.10 Å². The summed E-state index contributed by atoms with van der Waals surface area (Å²) in [5, 5.41) is 0. The highest BCUT2D eigenvalue weighted by Gasteiger charge is 2.19. The third-order valence-electron chi connectivity index (χ3n) is 13.6. The summed E-state index contributed by atoms with van der Waals surface area (Å²) in [5.74, 6) is -0.908. The predicted octanol–water partition coefficient (Wildman–Crippen LogP) is 21.5. The summed E-state index contributed by atoms with van der Waals surface area (Å²) in [6.07, 6.45) is 82.1. The van der Waals surface area contributed by atoms with Gasteiger partial charge in [0.2, 0.25) is 0 Å². The maximum atomic E-state index is 12.8. The molecule has 0 fully saturated rings. The molecule has 0 saturated heterocycles. The lowest BCUT2D eigenvalue weighted by molar-refractivity contribution is -0.167. The van der Waals surface area contributed by atoms with Gasteiger partial charge in [-0.15, -0.1) is 0 Å². The summed E-state index contributed by atoms with van der Waals surface area (Å²) in [6.45, 7) is 6.38. The predicted molar refractivity (Wildman–Crippen MR) is 321 cm³/mol. The summed E-state index contributed by atoms with van der Waals surface area (Å²) in [4.78, 5) is 38.0. The molecule has 0 aliphatic rings. The SMILES string of the molecule is CC/C=C\C/C=C\C/C=C\C/C=C\CCCCCCCCCCCCCCCCCCCCCCCCC(=O)OCC(COC(=O)CCCCCCCCCC)OC(=O)CCCCC/C=C\C/C=C\C/C=C\CC. The van der Waals surface area contributed by atoms with Crippen LogP contribution in [-0.4, -0.2) is 37.2 Å². The van der Waals surface area contributed by atoms with Crippen molar-refractivity contribution in [3.63, 3.8) is 0 Å². The Morgan fingerprint density at radius 2 is 0.527 bits per heavy atom. The number of esters is 3. The molecule has 0 aliphatic heterocycles. The topological polar surface area (TPSA) is 78.9 Å². The number of unbranched alkanes of at least 4 members (excludes halogenated alkanes) is 32. The molecule has 0 saturated carbocycles. The molecule has 0 amide bonds. The Bertz CT molecular complexity index is 1420. The Morgan fingerprint density at radius 3 is 0.838 bits per heavy atom. The van der Waals surface area contributed by atoms with Crippen LogP contribution in [0.25, 0.3) is 0 Å². The van der Waals surface area contributed by atoms with Crippen LogP contribution in [0.15, 0.2) is 85.1 Å². The number of rotatable bonds is 57. The molecule has 1 unspecified atom stereocenters. The van der Waals surface area contributed by atoms with Crippen molar-refractivity contribution >= 4 is 17.9 Å². The maximum Gasteiger partial charge on any atom is 0.306 e. The van der Waals surface area contributed by atoms with E-state index in [0.717, 1.165) is 109 Å². The van der Waals surface area contributed by atoms with Crippen LogP contribution in [0, 0.1) is 0 Å².